The number of halogens is 1. The normalized spacial score (nSPS) is 26.0. The summed E-state index contributed by atoms with van der Waals surface area (Å²) in [6.07, 6.45) is 1.83. The van der Waals surface area contributed by atoms with Crippen molar-refractivity contribution in [1.82, 2.24) is 5.32 Å². The maximum atomic E-state index is 4.25. The molecule has 0 saturated heterocycles. The largest absolute Gasteiger partial charge is 1.00 e. The lowest BCUT2D eigenvalue weighted by atomic mass is 10.5. The maximum Gasteiger partial charge on any atom is 0.338 e. The number of amidine groups is 1. The van der Waals surface area contributed by atoms with E-state index >= 15 is 0 Å². The Bertz CT molecular complexity index is 266. The number of aliphatic imine (C=N–C) groups is 1. The molecule has 0 aromatic heterocycles. The van der Waals surface area contributed by atoms with Crippen LogP contribution in [0, 0.1) is 0 Å². The molecule has 0 spiro atoms. The topological polar surface area (TPSA) is 41.2 Å². The Kier molecular flexibility index (Phi) is 1.97. The van der Waals surface area contributed by atoms with Crippen molar-refractivity contribution in [3.8, 4) is 0 Å². The number of rotatable bonds is 0. The van der Waals surface area contributed by atoms with E-state index in [1.54, 1.807) is 0 Å². The van der Waals surface area contributed by atoms with E-state index in [-0.39, 0.29) is 12.4 Å². The Morgan fingerprint density at radius 1 is 1.45 bits per heavy atom. The number of guanidine groups is 1. The fraction of sp³-hybridized carbons (Fsp3) is 0.333. The first-order chi connectivity index (χ1) is 4.77. The number of fused-ring (bicyclic) bond motifs is 1. The maximum absolute atomic E-state index is 4.25. The minimum atomic E-state index is 0. The van der Waals surface area contributed by atoms with Gasteiger partial charge in [0, 0.05) is 6.92 Å². The highest BCUT2D eigenvalue weighted by molar-refractivity contribution is 5.98. The van der Waals surface area contributed by atoms with Gasteiger partial charge >= 0.3 is 5.96 Å². The molecule has 4 nitrogen and oxygen atoms in total. The zero-order chi connectivity index (χ0) is 7.14. The van der Waals surface area contributed by atoms with Crippen molar-refractivity contribution in [1.29, 1.82) is 0 Å². The molecular weight excluding hydrogens is 164 g/mol. The monoisotopic (exact) mass is 172 g/mol. The van der Waals surface area contributed by atoms with Gasteiger partial charge in [-0.05, 0) is 6.92 Å². The van der Waals surface area contributed by atoms with Gasteiger partial charge in [-0.25, -0.2) is 0 Å². The molecular formula is C6H9ClN4. The van der Waals surface area contributed by atoms with E-state index in [2.05, 4.69) is 15.4 Å². The van der Waals surface area contributed by atoms with Crippen LogP contribution in [-0.4, -0.2) is 11.8 Å². The second-order valence-electron chi connectivity index (χ2n) is 2.46. The van der Waals surface area contributed by atoms with Crippen LogP contribution in [0.1, 0.15) is 13.8 Å². The summed E-state index contributed by atoms with van der Waals surface area (Å²) < 4.78 is 0. The molecule has 0 aromatic carbocycles. The Balaban J connectivity index is 0.000000605. The van der Waals surface area contributed by atoms with E-state index in [9.17, 15) is 0 Å². The molecule has 1 unspecified atom stereocenters. The van der Waals surface area contributed by atoms with E-state index in [0.717, 1.165) is 22.5 Å². The van der Waals surface area contributed by atoms with E-state index < -0.39 is 0 Å². The number of quaternary nitrogens is 1. The first kappa shape index (κ1) is 8.23. The minimum Gasteiger partial charge on any atom is -1.00 e. The van der Waals surface area contributed by atoms with E-state index in [1.807, 2.05) is 20.0 Å². The summed E-state index contributed by atoms with van der Waals surface area (Å²) >= 11 is 0. The molecule has 1 atom stereocenters. The third kappa shape index (κ3) is 1.15. The third-order valence-electron chi connectivity index (χ3n) is 1.56. The predicted molar refractivity (Wildman–Crippen MR) is 38.4 cm³/mol. The average Bonchev–Trinajstić information content (AvgIpc) is 2.35. The van der Waals surface area contributed by atoms with E-state index in [4.69, 9.17) is 0 Å². The summed E-state index contributed by atoms with van der Waals surface area (Å²) in [4.78, 5) is 4.12. The van der Waals surface area contributed by atoms with Crippen LogP contribution in [0.25, 0.3) is 0 Å². The van der Waals surface area contributed by atoms with Gasteiger partial charge in [0.2, 0.25) is 0 Å². The van der Waals surface area contributed by atoms with Gasteiger partial charge in [-0.1, -0.05) is 5.10 Å². The van der Waals surface area contributed by atoms with Crippen LogP contribution in [0.5, 0.6) is 0 Å². The summed E-state index contributed by atoms with van der Waals surface area (Å²) in [5, 5.41) is 8.31. The zero-order valence-electron chi connectivity index (χ0n) is 6.35. The first-order valence-electron chi connectivity index (χ1n) is 3.22. The van der Waals surface area contributed by atoms with Gasteiger partial charge in [0.25, 0.3) is 0 Å². The third-order valence-corrected chi connectivity index (χ3v) is 1.56. The van der Waals surface area contributed by atoms with Crippen molar-refractivity contribution in [3.63, 3.8) is 0 Å². The van der Waals surface area contributed by atoms with Crippen molar-refractivity contribution < 1.29 is 17.4 Å². The zero-order valence-corrected chi connectivity index (χ0v) is 7.11. The molecule has 0 aliphatic carbocycles. The lowest BCUT2D eigenvalue weighted by Crippen LogP contribution is -3.06. The molecule has 5 heteroatoms. The highest BCUT2D eigenvalue weighted by Gasteiger charge is 2.30. The van der Waals surface area contributed by atoms with Crippen LogP contribution in [-0.2, 0) is 0 Å². The Hall–Kier alpha value is -0.870. The van der Waals surface area contributed by atoms with Crippen molar-refractivity contribution in [2.75, 3.05) is 0 Å². The molecule has 60 valence electrons. The van der Waals surface area contributed by atoms with Crippen LogP contribution < -0.4 is 22.7 Å². The summed E-state index contributed by atoms with van der Waals surface area (Å²) in [5.74, 6) is 1.83. The quantitative estimate of drug-likeness (QED) is 0.385. The van der Waals surface area contributed by atoms with Gasteiger partial charge in [0.15, 0.2) is 11.5 Å². The molecule has 2 aliphatic heterocycles. The van der Waals surface area contributed by atoms with Crippen molar-refractivity contribution in [2.24, 2.45) is 10.1 Å². The Labute approximate surface area is 71.1 Å². The molecule has 11 heavy (non-hydrogen) atoms. The van der Waals surface area contributed by atoms with Crippen molar-refractivity contribution in [3.05, 3.63) is 11.9 Å². The fourth-order valence-corrected chi connectivity index (χ4v) is 1.07. The number of allylic oxidation sites excluding steroid dienone is 1. The molecule has 0 bridgehead atoms. The molecule has 0 fully saturated rings. The number of nitrogens with one attached hydrogen (secondary N) is 2. The molecule has 2 rings (SSSR count). The van der Waals surface area contributed by atoms with Crippen molar-refractivity contribution >= 4 is 11.8 Å². The Morgan fingerprint density at radius 2 is 2.18 bits per heavy atom. The van der Waals surface area contributed by atoms with Crippen LogP contribution in [0.4, 0.5) is 0 Å². The molecule has 2 heterocycles. The first-order valence-corrected chi connectivity index (χ1v) is 3.22. The summed E-state index contributed by atoms with van der Waals surface area (Å²) in [6, 6.07) is 0. The van der Waals surface area contributed by atoms with Crippen molar-refractivity contribution in [2.45, 2.75) is 13.8 Å². The number of nitrogens with zero attached hydrogens (tertiary/aromatic N) is 2. The molecule has 0 radical (unpaired) electrons. The summed E-state index contributed by atoms with van der Waals surface area (Å²) in [6.45, 7) is 3.94. The molecule has 2 aliphatic rings. The van der Waals surface area contributed by atoms with Crippen LogP contribution in [0.2, 0.25) is 0 Å². The predicted octanol–water partition coefficient (Wildman–Crippen LogP) is -3.96. The van der Waals surface area contributed by atoms with Crippen LogP contribution >= 0.6 is 0 Å². The lowest BCUT2D eigenvalue weighted by Gasteiger charge is -1.97. The molecule has 0 amide bonds. The molecule has 0 saturated carbocycles. The SMILES string of the molecule is CC1=CN=C2NC(C)=N[NH+]12.[Cl-]. The molecule has 2 N–H and O–H groups in total. The van der Waals surface area contributed by atoms with Gasteiger partial charge < -0.3 is 12.4 Å². The number of hydrogen-bond donors (Lipinski definition) is 2. The minimum absolute atomic E-state index is 0. The van der Waals surface area contributed by atoms with Crippen LogP contribution in [0.3, 0.4) is 0 Å². The summed E-state index contributed by atoms with van der Waals surface area (Å²) in [7, 11) is 0. The van der Waals surface area contributed by atoms with Crippen LogP contribution in [0.15, 0.2) is 22.0 Å². The van der Waals surface area contributed by atoms with Gasteiger partial charge in [-0.2, -0.15) is 4.99 Å². The van der Waals surface area contributed by atoms with Gasteiger partial charge in [-0.15, -0.1) is 5.01 Å². The smallest absolute Gasteiger partial charge is 0.338 e. The van der Waals surface area contributed by atoms with E-state index in [1.165, 1.54) is 0 Å². The average molecular weight is 173 g/mol. The Morgan fingerprint density at radius 3 is 2.82 bits per heavy atom. The second-order valence-corrected chi connectivity index (χ2v) is 2.46. The van der Waals surface area contributed by atoms with Gasteiger partial charge in [0.1, 0.15) is 0 Å². The fourth-order valence-electron chi connectivity index (χ4n) is 1.07. The number of hydrogen-bond acceptors (Lipinski definition) is 3. The summed E-state index contributed by atoms with van der Waals surface area (Å²) in [5.41, 5.74) is 1.14. The molecule has 0 aromatic rings. The second kappa shape index (κ2) is 2.64. The standard InChI is InChI=1S/C6H8N4.ClH/c1-4-3-7-6-8-5(2)9-10(4)6;/h3H,1-2H3,(H,7,8,9);1H. The highest BCUT2D eigenvalue weighted by atomic mass is 35.5. The highest BCUT2D eigenvalue weighted by Crippen LogP contribution is 1.93. The van der Waals surface area contributed by atoms with E-state index in [0.29, 0.717) is 0 Å². The van der Waals surface area contributed by atoms with Gasteiger partial charge in [0.05, 0.1) is 6.20 Å². The van der Waals surface area contributed by atoms with Gasteiger partial charge in [-0.3, -0.25) is 5.32 Å². The lowest BCUT2D eigenvalue weighted by molar-refractivity contribution is -0.764.